The number of benzene rings is 1. The predicted molar refractivity (Wildman–Crippen MR) is 79.4 cm³/mol. The highest BCUT2D eigenvalue weighted by Crippen LogP contribution is 2.11. The zero-order valence-corrected chi connectivity index (χ0v) is 11.8. The number of hydrogen-bond donors (Lipinski definition) is 2. The monoisotopic (exact) mass is 272 g/mol. The molecule has 0 aliphatic carbocycles. The first-order valence-electron chi connectivity index (χ1n) is 6.71. The SMILES string of the molecule is CC(C)Cn1ccnc1NC(=O)c1ccc(CN)cc1. The molecule has 5 heteroatoms. The van der Waals surface area contributed by atoms with Crippen molar-refractivity contribution in [2.24, 2.45) is 11.7 Å². The van der Waals surface area contributed by atoms with Crippen LogP contribution in [0.4, 0.5) is 5.95 Å². The molecule has 5 nitrogen and oxygen atoms in total. The molecule has 1 aromatic carbocycles. The number of imidazole rings is 1. The summed E-state index contributed by atoms with van der Waals surface area (Å²) in [4.78, 5) is 16.3. The lowest BCUT2D eigenvalue weighted by molar-refractivity contribution is 0.102. The van der Waals surface area contributed by atoms with Crippen LogP contribution < -0.4 is 11.1 Å². The third-order valence-electron chi connectivity index (χ3n) is 2.95. The van der Waals surface area contributed by atoms with E-state index in [1.807, 2.05) is 22.9 Å². The molecular formula is C15H20N4O. The summed E-state index contributed by atoms with van der Waals surface area (Å²) in [6, 6.07) is 7.26. The molecule has 3 N–H and O–H groups in total. The van der Waals surface area contributed by atoms with Crippen LogP contribution in [0, 0.1) is 5.92 Å². The number of nitrogens with zero attached hydrogens (tertiary/aromatic N) is 2. The van der Waals surface area contributed by atoms with Crippen molar-refractivity contribution in [1.82, 2.24) is 9.55 Å². The number of nitrogens with two attached hydrogens (primary N) is 1. The molecule has 2 aromatic rings. The molecule has 0 saturated carbocycles. The summed E-state index contributed by atoms with van der Waals surface area (Å²) in [5.74, 6) is 0.903. The molecule has 1 aromatic heterocycles. The van der Waals surface area contributed by atoms with Crippen molar-refractivity contribution in [3.05, 3.63) is 47.8 Å². The van der Waals surface area contributed by atoms with Crippen molar-refractivity contribution in [3.63, 3.8) is 0 Å². The van der Waals surface area contributed by atoms with Crippen LogP contribution in [0.2, 0.25) is 0 Å². The molecule has 0 fully saturated rings. The molecular weight excluding hydrogens is 252 g/mol. The van der Waals surface area contributed by atoms with Crippen molar-refractivity contribution in [3.8, 4) is 0 Å². The van der Waals surface area contributed by atoms with Gasteiger partial charge in [-0.15, -0.1) is 0 Å². The van der Waals surface area contributed by atoms with Gasteiger partial charge in [0, 0.05) is 31.0 Å². The van der Waals surface area contributed by atoms with E-state index >= 15 is 0 Å². The second-order valence-electron chi connectivity index (χ2n) is 5.15. The Balaban J connectivity index is 2.09. The summed E-state index contributed by atoms with van der Waals surface area (Å²) in [5.41, 5.74) is 7.14. The van der Waals surface area contributed by atoms with Crippen LogP contribution in [0.3, 0.4) is 0 Å². The zero-order valence-electron chi connectivity index (χ0n) is 11.8. The summed E-state index contributed by atoms with van der Waals surface area (Å²) in [7, 11) is 0. The molecule has 0 saturated heterocycles. The molecule has 20 heavy (non-hydrogen) atoms. The fourth-order valence-electron chi connectivity index (χ4n) is 1.94. The van der Waals surface area contributed by atoms with Crippen molar-refractivity contribution in [2.45, 2.75) is 26.9 Å². The molecule has 106 valence electrons. The van der Waals surface area contributed by atoms with Gasteiger partial charge in [-0.2, -0.15) is 0 Å². The standard InChI is InChI=1S/C15H20N4O/c1-11(2)10-19-8-7-17-15(19)18-14(20)13-5-3-12(9-16)4-6-13/h3-8,11H,9-10,16H2,1-2H3,(H,17,18,20). The van der Waals surface area contributed by atoms with Crippen molar-refractivity contribution < 1.29 is 4.79 Å². The molecule has 1 amide bonds. The third-order valence-corrected chi connectivity index (χ3v) is 2.95. The Morgan fingerprint density at radius 2 is 2.05 bits per heavy atom. The number of nitrogens with one attached hydrogen (secondary N) is 1. The van der Waals surface area contributed by atoms with Crippen molar-refractivity contribution in [2.75, 3.05) is 5.32 Å². The average molecular weight is 272 g/mol. The van der Waals surface area contributed by atoms with Gasteiger partial charge in [0.15, 0.2) is 0 Å². The number of anilines is 1. The largest absolute Gasteiger partial charge is 0.326 e. The highest BCUT2D eigenvalue weighted by atomic mass is 16.1. The summed E-state index contributed by atoms with van der Waals surface area (Å²) in [6.45, 7) is 5.54. The van der Waals surface area contributed by atoms with Gasteiger partial charge < -0.3 is 10.3 Å². The Kier molecular flexibility index (Phi) is 4.53. The van der Waals surface area contributed by atoms with Gasteiger partial charge >= 0.3 is 0 Å². The van der Waals surface area contributed by atoms with Crippen LogP contribution >= 0.6 is 0 Å². The maximum Gasteiger partial charge on any atom is 0.257 e. The molecule has 0 aliphatic rings. The summed E-state index contributed by atoms with van der Waals surface area (Å²) >= 11 is 0. The topological polar surface area (TPSA) is 72.9 Å². The van der Waals surface area contributed by atoms with Crippen molar-refractivity contribution in [1.29, 1.82) is 0 Å². The van der Waals surface area contributed by atoms with E-state index in [0.717, 1.165) is 12.1 Å². The second kappa shape index (κ2) is 6.34. The van der Waals surface area contributed by atoms with Crippen molar-refractivity contribution >= 4 is 11.9 Å². The summed E-state index contributed by atoms with van der Waals surface area (Å²) < 4.78 is 1.94. The number of hydrogen-bond acceptors (Lipinski definition) is 3. The molecule has 2 rings (SSSR count). The van der Waals surface area contributed by atoms with Gasteiger partial charge in [0.05, 0.1) is 0 Å². The number of carbonyl (C=O) groups is 1. The van der Waals surface area contributed by atoms with Crippen LogP contribution in [0.15, 0.2) is 36.7 Å². The predicted octanol–water partition coefficient (Wildman–Crippen LogP) is 2.25. The fraction of sp³-hybridized carbons (Fsp3) is 0.333. The Bertz CT molecular complexity index is 572. The Hall–Kier alpha value is -2.14. The Morgan fingerprint density at radius 1 is 1.35 bits per heavy atom. The first kappa shape index (κ1) is 14.3. The van der Waals surface area contributed by atoms with E-state index in [0.29, 0.717) is 24.0 Å². The minimum absolute atomic E-state index is 0.162. The minimum Gasteiger partial charge on any atom is -0.326 e. The second-order valence-corrected chi connectivity index (χ2v) is 5.15. The van der Waals surface area contributed by atoms with Gasteiger partial charge in [-0.1, -0.05) is 26.0 Å². The van der Waals surface area contributed by atoms with Gasteiger partial charge in [-0.3, -0.25) is 10.1 Å². The maximum absolute atomic E-state index is 12.2. The van der Waals surface area contributed by atoms with Gasteiger partial charge in [0.2, 0.25) is 5.95 Å². The van der Waals surface area contributed by atoms with E-state index in [1.54, 1.807) is 18.3 Å². The number of carbonyl (C=O) groups excluding carboxylic acids is 1. The lowest BCUT2D eigenvalue weighted by Gasteiger charge is -2.11. The Morgan fingerprint density at radius 3 is 2.65 bits per heavy atom. The minimum atomic E-state index is -0.162. The smallest absolute Gasteiger partial charge is 0.257 e. The van der Waals surface area contributed by atoms with Crippen LogP contribution in [-0.2, 0) is 13.1 Å². The number of amides is 1. The van der Waals surface area contributed by atoms with E-state index in [4.69, 9.17) is 5.73 Å². The Labute approximate surface area is 118 Å². The van der Waals surface area contributed by atoms with E-state index in [2.05, 4.69) is 24.1 Å². The average Bonchev–Trinajstić information content (AvgIpc) is 2.85. The molecule has 0 aliphatic heterocycles. The molecule has 1 heterocycles. The third kappa shape index (κ3) is 3.45. The van der Waals surface area contributed by atoms with Crippen LogP contribution in [0.25, 0.3) is 0 Å². The molecule has 0 unspecified atom stereocenters. The van der Waals surface area contributed by atoms with Gasteiger partial charge in [-0.25, -0.2) is 4.98 Å². The molecule has 0 radical (unpaired) electrons. The van der Waals surface area contributed by atoms with E-state index < -0.39 is 0 Å². The fourth-order valence-corrected chi connectivity index (χ4v) is 1.94. The maximum atomic E-state index is 12.2. The molecule has 0 atom stereocenters. The lowest BCUT2D eigenvalue weighted by atomic mass is 10.1. The number of rotatable bonds is 5. The van der Waals surface area contributed by atoms with Crippen LogP contribution in [0.5, 0.6) is 0 Å². The normalized spacial score (nSPS) is 10.8. The van der Waals surface area contributed by atoms with Crippen LogP contribution in [0.1, 0.15) is 29.8 Å². The number of aromatic nitrogens is 2. The van der Waals surface area contributed by atoms with Gasteiger partial charge in [0.1, 0.15) is 0 Å². The highest BCUT2D eigenvalue weighted by Gasteiger charge is 2.10. The van der Waals surface area contributed by atoms with Crippen LogP contribution in [-0.4, -0.2) is 15.5 Å². The van der Waals surface area contributed by atoms with E-state index in [9.17, 15) is 4.79 Å². The summed E-state index contributed by atoms with van der Waals surface area (Å²) in [5, 5.41) is 2.83. The quantitative estimate of drug-likeness (QED) is 0.876. The first-order valence-corrected chi connectivity index (χ1v) is 6.71. The van der Waals surface area contributed by atoms with Gasteiger partial charge in [0.25, 0.3) is 5.91 Å². The van der Waals surface area contributed by atoms with Gasteiger partial charge in [-0.05, 0) is 23.6 Å². The summed E-state index contributed by atoms with van der Waals surface area (Å²) in [6.07, 6.45) is 3.56. The highest BCUT2D eigenvalue weighted by molar-refractivity contribution is 6.03. The first-order chi connectivity index (χ1) is 9.60. The lowest BCUT2D eigenvalue weighted by Crippen LogP contribution is -2.17. The molecule has 0 spiro atoms. The van der Waals surface area contributed by atoms with E-state index in [-0.39, 0.29) is 5.91 Å². The van der Waals surface area contributed by atoms with E-state index in [1.165, 1.54) is 0 Å². The zero-order chi connectivity index (χ0) is 14.5. The molecule has 0 bridgehead atoms.